The molecule has 0 aliphatic carbocycles. The van der Waals surface area contributed by atoms with Crippen molar-refractivity contribution in [2.45, 2.75) is 70.8 Å². The number of benzene rings is 3. The quantitative estimate of drug-likeness (QED) is 0.199. The number of esters is 1. The van der Waals surface area contributed by atoms with E-state index in [1.54, 1.807) is 0 Å². The van der Waals surface area contributed by atoms with Crippen LogP contribution >= 0.6 is 17.2 Å². The van der Waals surface area contributed by atoms with Crippen LogP contribution in [0.25, 0.3) is 0 Å². The minimum absolute atomic E-state index is 0.0246. The smallest absolute Gasteiger partial charge is 0.309 e. The van der Waals surface area contributed by atoms with Crippen LogP contribution in [0.15, 0.2) is 91.0 Å². The van der Waals surface area contributed by atoms with Crippen molar-refractivity contribution < 1.29 is 18.5 Å². The Hall–Kier alpha value is -2.59. The monoisotopic (exact) mass is 580 g/mol. The van der Waals surface area contributed by atoms with Gasteiger partial charge in [0, 0.05) is 11.2 Å². The highest BCUT2D eigenvalue weighted by atomic mass is 32.3. The van der Waals surface area contributed by atoms with Gasteiger partial charge in [0.25, 0.3) is 0 Å². The normalized spacial score (nSPS) is 13.8. The highest BCUT2D eigenvalue weighted by Crippen LogP contribution is 2.55. The molecule has 0 aliphatic rings. The van der Waals surface area contributed by atoms with E-state index in [-0.39, 0.29) is 29.3 Å². The second-order valence-corrected chi connectivity index (χ2v) is 19.5. The zero-order valence-corrected chi connectivity index (χ0v) is 26.9. The zero-order valence-electron chi connectivity index (χ0n) is 25.2. The molecule has 0 radical (unpaired) electrons. The summed E-state index contributed by atoms with van der Waals surface area (Å²) in [5, 5.41) is 3.31. The van der Waals surface area contributed by atoms with Gasteiger partial charge >= 0.3 is 5.97 Å². The van der Waals surface area contributed by atoms with E-state index in [0.717, 1.165) is 15.9 Å². The Balaban J connectivity index is 2.13. The highest BCUT2D eigenvalue weighted by Gasteiger charge is 2.34. The molecule has 0 amide bonds. The van der Waals surface area contributed by atoms with Gasteiger partial charge in [0.1, 0.15) is 5.60 Å². The van der Waals surface area contributed by atoms with Crippen LogP contribution in [0.1, 0.15) is 54.4 Å². The number of carbonyl (C=O) groups is 2. The van der Waals surface area contributed by atoms with Crippen molar-refractivity contribution in [3.63, 3.8) is 0 Å². The summed E-state index contributed by atoms with van der Waals surface area (Å²) in [6.07, 6.45) is 3.72. The van der Waals surface area contributed by atoms with Crippen LogP contribution < -0.4 is 15.9 Å². The lowest BCUT2D eigenvalue weighted by Gasteiger charge is -2.45. The summed E-state index contributed by atoms with van der Waals surface area (Å²) in [5.74, 6) is 1.53. The molecule has 3 aromatic carbocycles. The van der Waals surface area contributed by atoms with Crippen LogP contribution in [-0.2, 0) is 18.5 Å². The Morgan fingerprint density at radius 2 is 1.12 bits per heavy atom. The van der Waals surface area contributed by atoms with Crippen molar-refractivity contribution in [2.75, 3.05) is 12.5 Å². The fourth-order valence-corrected chi connectivity index (χ4v) is 9.26. The molecule has 3 rings (SSSR count). The number of Topliss-reactive ketones (excluding diaryl/α,β-unsaturated/α-hetero) is 1. The van der Waals surface area contributed by atoms with E-state index in [1.807, 2.05) is 81.2 Å². The van der Waals surface area contributed by atoms with Crippen molar-refractivity contribution in [3.05, 3.63) is 91.0 Å². The van der Waals surface area contributed by atoms with Crippen molar-refractivity contribution in [1.82, 2.24) is 0 Å². The van der Waals surface area contributed by atoms with Gasteiger partial charge < -0.3 is 8.92 Å². The predicted octanol–water partition coefficient (Wildman–Crippen LogP) is 6.64. The van der Waals surface area contributed by atoms with Gasteiger partial charge in [-0.15, -0.1) is 10.3 Å². The van der Waals surface area contributed by atoms with E-state index in [2.05, 4.69) is 69.7 Å². The van der Waals surface area contributed by atoms with Crippen molar-refractivity contribution in [1.29, 1.82) is 0 Å². The number of rotatable bonds is 10. The summed E-state index contributed by atoms with van der Waals surface area (Å²) in [5.41, 5.74) is -0.612. The first kappa shape index (κ1) is 31.9. The molecule has 6 heteroatoms. The lowest BCUT2D eigenvalue weighted by Crippen LogP contribution is -2.34. The third-order valence-electron chi connectivity index (χ3n) is 6.92. The van der Waals surface area contributed by atoms with E-state index in [1.165, 1.54) is 0 Å². The van der Waals surface area contributed by atoms with Gasteiger partial charge in [0.2, 0.25) is 0 Å². The second-order valence-electron chi connectivity index (χ2n) is 12.4. The standard InChI is InChI=1S/C34H45O4PS/c1-33(2,3)37-32(36)25-28(38-40(7,8)34(4,5)6)24-27(35)26-39(29-18-12-9-13-19-29,30-20-14-10-15-21-30)31-22-16-11-17-23-31/h9-23,26,28H,24-25H2,1-8H3/t28-/m0/s1. The van der Waals surface area contributed by atoms with Gasteiger partial charge in [-0.05, 0) is 61.9 Å². The Bertz CT molecular complexity index is 1220. The van der Waals surface area contributed by atoms with Gasteiger partial charge in [-0.1, -0.05) is 112 Å². The van der Waals surface area contributed by atoms with Crippen molar-refractivity contribution in [2.24, 2.45) is 0 Å². The fourth-order valence-electron chi connectivity index (χ4n) is 4.35. The maximum absolute atomic E-state index is 14.1. The molecule has 1 atom stereocenters. The van der Waals surface area contributed by atoms with E-state index < -0.39 is 28.9 Å². The molecule has 0 bridgehead atoms. The SMILES string of the molecule is CC(C)(C)OC(=O)C[C@H](CC(=O)C=P(c1ccccc1)(c1ccccc1)c1ccccc1)OS(C)(C)C(C)(C)C. The Kier molecular flexibility index (Phi) is 10.3. The van der Waals surface area contributed by atoms with E-state index in [4.69, 9.17) is 8.92 Å². The summed E-state index contributed by atoms with van der Waals surface area (Å²) < 4.78 is 12.2. The number of ketones is 1. The molecule has 0 aliphatic heterocycles. The number of carbonyl (C=O) groups excluding carboxylic acids is 2. The first-order valence-electron chi connectivity index (χ1n) is 13.7. The molecule has 0 saturated carbocycles. The topological polar surface area (TPSA) is 52.6 Å². The van der Waals surface area contributed by atoms with Crippen LogP contribution in [0.2, 0.25) is 0 Å². The van der Waals surface area contributed by atoms with E-state index >= 15 is 0 Å². The lowest BCUT2D eigenvalue weighted by molar-refractivity contribution is -0.156. The first-order chi connectivity index (χ1) is 18.6. The minimum Gasteiger partial charge on any atom is -0.460 e. The van der Waals surface area contributed by atoms with Crippen LogP contribution in [0.4, 0.5) is 0 Å². The average Bonchev–Trinajstić information content (AvgIpc) is 2.86. The molecule has 4 nitrogen and oxygen atoms in total. The molecule has 0 aromatic heterocycles. The summed E-state index contributed by atoms with van der Waals surface area (Å²) in [6.45, 7) is 9.50. The number of hydrogen-bond acceptors (Lipinski definition) is 4. The predicted molar refractivity (Wildman–Crippen MR) is 175 cm³/mol. The Labute approximate surface area is 243 Å². The molecule has 216 valence electrons. The molecule has 0 fully saturated rings. The van der Waals surface area contributed by atoms with Crippen LogP contribution in [0.5, 0.6) is 0 Å². The molecule has 3 aromatic rings. The molecule has 40 heavy (non-hydrogen) atoms. The molecular weight excluding hydrogens is 535 g/mol. The molecule has 0 unspecified atom stereocenters. The largest absolute Gasteiger partial charge is 0.460 e. The fraction of sp³-hybridized carbons (Fsp3) is 0.382. The molecular formula is C34H45O4PS. The van der Waals surface area contributed by atoms with Crippen LogP contribution in [0.3, 0.4) is 0 Å². The summed E-state index contributed by atoms with van der Waals surface area (Å²) in [4.78, 5) is 27.1. The number of hydrogen-bond donors (Lipinski definition) is 0. The molecule has 0 heterocycles. The minimum atomic E-state index is -2.46. The van der Waals surface area contributed by atoms with Gasteiger partial charge in [0.15, 0.2) is 5.78 Å². The van der Waals surface area contributed by atoms with Crippen molar-refractivity contribution in [3.8, 4) is 0 Å². The van der Waals surface area contributed by atoms with Crippen LogP contribution in [0, 0.1) is 0 Å². The maximum Gasteiger partial charge on any atom is 0.309 e. The summed E-state index contributed by atoms with van der Waals surface area (Å²) in [7, 11) is -1.60. The number of ether oxygens (including phenoxy) is 1. The van der Waals surface area contributed by atoms with E-state index in [9.17, 15) is 9.59 Å². The summed E-state index contributed by atoms with van der Waals surface area (Å²) in [6, 6.07) is 30.8. The van der Waals surface area contributed by atoms with E-state index in [0.29, 0.717) is 0 Å². The third-order valence-corrected chi connectivity index (χ3v) is 14.6. The van der Waals surface area contributed by atoms with Crippen LogP contribution in [-0.4, -0.2) is 46.5 Å². The second kappa shape index (κ2) is 12.9. The van der Waals surface area contributed by atoms with Gasteiger partial charge in [0.05, 0.1) is 12.5 Å². The average molecular weight is 581 g/mol. The van der Waals surface area contributed by atoms with Gasteiger partial charge in [-0.2, -0.15) is 0 Å². The Morgan fingerprint density at radius 3 is 1.48 bits per heavy atom. The zero-order chi connectivity index (χ0) is 29.6. The molecule has 0 spiro atoms. The highest BCUT2D eigenvalue weighted by molar-refractivity contribution is 8.29. The first-order valence-corrected chi connectivity index (χ1v) is 17.9. The molecule has 0 N–H and O–H groups in total. The van der Waals surface area contributed by atoms with Gasteiger partial charge in [-0.3, -0.25) is 9.59 Å². The maximum atomic E-state index is 14.1. The van der Waals surface area contributed by atoms with Crippen molar-refractivity contribution >= 4 is 50.7 Å². The third kappa shape index (κ3) is 8.22. The lowest BCUT2D eigenvalue weighted by atomic mass is 10.1. The Morgan fingerprint density at radius 1 is 0.725 bits per heavy atom. The van der Waals surface area contributed by atoms with Gasteiger partial charge in [-0.25, -0.2) is 0 Å². The molecule has 0 saturated heterocycles. The summed E-state index contributed by atoms with van der Waals surface area (Å²) >= 11 is 0.